The molecule has 3 aromatic rings. The van der Waals surface area contributed by atoms with E-state index in [0.717, 1.165) is 17.5 Å². The number of hydrogen-bond acceptors (Lipinski definition) is 9. The summed E-state index contributed by atoms with van der Waals surface area (Å²) in [7, 11) is 0. The predicted molar refractivity (Wildman–Crippen MR) is 150 cm³/mol. The number of phenols is 1. The number of carbonyl (C=O) groups is 2. The molecule has 0 saturated heterocycles. The Bertz CT molecular complexity index is 1290. The summed E-state index contributed by atoms with van der Waals surface area (Å²) in [4.78, 5) is 19.4. The first kappa shape index (κ1) is 31.2. The normalized spacial score (nSPS) is 14.3. The minimum atomic E-state index is -0.760. The molecule has 8 N–H and O–H groups in total. The number of carboxylic acid groups (broad SMARTS) is 1. The smallest absolute Gasteiger partial charge is 0.316 e. The number of aliphatic hydroxyl groups excluding tert-OH is 2. The molecule has 220 valence electrons. The van der Waals surface area contributed by atoms with Crippen LogP contribution in [-0.4, -0.2) is 65.3 Å². The van der Waals surface area contributed by atoms with Crippen LogP contribution in [0.15, 0.2) is 60.7 Å². The molecule has 0 fully saturated rings. The third-order valence-electron chi connectivity index (χ3n) is 6.08. The Morgan fingerprint density at radius 1 is 1.12 bits per heavy atom. The van der Waals surface area contributed by atoms with E-state index in [1.54, 1.807) is 24.3 Å². The number of hydrogen-bond donors (Lipinski definition) is 7. The highest BCUT2D eigenvalue weighted by atomic mass is 16.6. The summed E-state index contributed by atoms with van der Waals surface area (Å²) in [5.74, 6) is 1.36. The van der Waals surface area contributed by atoms with Crippen LogP contribution in [0.4, 0.5) is 10.5 Å². The summed E-state index contributed by atoms with van der Waals surface area (Å²) in [5, 5.41) is 42.0. The molecule has 3 aromatic carbocycles. The van der Waals surface area contributed by atoms with Crippen molar-refractivity contribution in [2.45, 2.75) is 31.8 Å². The molecule has 1 aliphatic rings. The molecule has 12 heteroatoms. The van der Waals surface area contributed by atoms with E-state index in [1.165, 1.54) is 6.07 Å². The van der Waals surface area contributed by atoms with Gasteiger partial charge in [-0.05, 0) is 66.1 Å². The number of anilines is 1. The van der Waals surface area contributed by atoms with Crippen LogP contribution in [-0.2, 0) is 29.2 Å². The fraction of sp³-hybridized carbons (Fsp3) is 0.310. The van der Waals surface area contributed by atoms with Crippen LogP contribution in [0.1, 0.15) is 28.4 Å². The Labute approximate surface area is 237 Å². The molecule has 1 heterocycles. The summed E-state index contributed by atoms with van der Waals surface area (Å²) in [6, 6.07) is 17.2. The lowest BCUT2D eigenvalue weighted by Gasteiger charge is -2.27. The van der Waals surface area contributed by atoms with Crippen molar-refractivity contribution in [2.75, 3.05) is 31.6 Å². The lowest BCUT2D eigenvalue weighted by Crippen LogP contribution is -2.33. The van der Waals surface area contributed by atoms with E-state index in [9.17, 15) is 20.1 Å². The largest absolute Gasteiger partial charge is 0.508 e. The van der Waals surface area contributed by atoms with E-state index in [1.807, 2.05) is 30.3 Å². The average molecular weight is 570 g/mol. The number of rotatable bonds is 12. The van der Waals surface area contributed by atoms with Gasteiger partial charge in [0, 0.05) is 17.8 Å². The number of amides is 2. The lowest BCUT2D eigenvalue weighted by molar-refractivity contribution is -0.122. The van der Waals surface area contributed by atoms with Crippen LogP contribution in [0.3, 0.4) is 0 Å². The highest BCUT2D eigenvalue weighted by Crippen LogP contribution is 2.33. The van der Waals surface area contributed by atoms with Gasteiger partial charge in [-0.15, -0.1) is 0 Å². The van der Waals surface area contributed by atoms with Crippen molar-refractivity contribution in [3.8, 4) is 17.2 Å². The third kappa shape index (κ3) is 9.96. The molecular formula is C29H35N3O9. The maximum Gasteiger partial charge on any atom is 0.316 e. The van der Waals surface area contributed by atoms with E-state index in [2.05, 4.69) is 10.6 Å². The SMILES string of the molecule is NC(=O)Nc1cccc(COC[C@@H]2COc3ccc(CCNC[C@H](O)c4ccc(O)c(CO)c4)cc3O2)c1.O=CO. The first-order chi connectivity index (χ1) is 19.8. The summed E-state index contributed by atoms with van der Waals surface area (Å²) < 4.78 is 17.7. The number of primary amides is 1. The van der Waals surface area contributed by atoms with Crippen molar-refractivity contribution in [3.63, 3.8) is 0 Å². The van der Waals surface area contributed by atoms with Crippen molar-refractivity contribution in [1.29, 1.82) is 0 Å². The fourth-order valence-corrected chi connectivity index (χ4v) is 4.12. The second-order valence-corrected chi connectivity index (χ2v) is 9.16. The van der Waals surface area contributed by atoms with Crippen molar-refractivity contribution >= 4 is 18.2 Å². The first-order valence-corrected chi connectivity index (χ1v) is 12.9. The van der Waals surface area contributed by atoms with Gasteiger partial charge in [-0.3, -0.25) is 4.79 Å². The van der Waals surface area contributed by atoms with E-state index in [-0.39, 0.29) is 24.9 Å². The van der Waals surface area contributed by atoms with Gasteiger partial charge >= 0.3 is 6.03 Å². The summed E-state index contributed by atoms with van der Waals surface area (Å²) in [5.41, 5.74) is 8.73. The quantitative estimate of drug-likeness (QED) is 0.126. The number of nitrogens with two attached hydrogens (primary N) is 1. The molecule has 0 saturated carbocycles. The molecule has 2 atom stereocenters. The third-order valence-corrected chi connectivity index (χ3v) is 6.08. The molecular weight excluding hydrogens is 534 g/mol. The molecule has 0 aliphatic carbocycles. The van der Waals surface area contributed by atoms with Crippen molar-refractivity contribution in [1.82, 2.24) is 5.32 Å². The Morgan fingerprint density at radius 2 is 1.93 bits per heavy atom. The van der Waals surface area contributed by atoms with E-state index in [0.29, 0.717) is 61.2 Å². The van der Waals surface area contributed by atoms with Gasteiger partial charge in [-0.2, -0.15) is 0 Å². The van der Waals surface area contributed by atoms with Gasteiger partial charge in [0.1, 0.15) is 12.4 Å². The molecule has 0 radical (unpaired) electrons. The molecule has 41 heavy (non-hydrogen) atoms. The first-order valence-electron chi connectivity index (χ1n) is 12.9. The van der Waals surface area contributed by atoms with Gasteiger partial charge in [-0.25, -0.2) is 4.79 Å². The van der Waals surface area contributed by atoms with Gasteiger partial charge in [0.05, 0.1) is 25.9 Å². The molecule has 1 aliphatic heterocycles. The number of urea groups is 1. The number of fused-ring (bicyclic) bond motifs is 1. The van der Waals surface area contributed by atoms with E-state index >= 15 is 0 Å². The standard InChI is InChI=1S/C28H33N3O7.CH2O2/c29-28(35)31-22-3-1-2-19(10-22)15-36-16-23-17-37-26-7-4-18(11-27(26)38-23)8-9-30-13-25(34)20-5-6-24(33)21(12-20)14-32;2-1-3/h1-7,10-12,23,25,30,32-34H,8-9,13-17H2,(H3,29,31,35);1H,(H,2,3)/t23-,25+;/m1./s1. The zero-order valence-corrected chi connectivity index (χ0v) is 22.4. The van der Waals surface area contributed by atoms with Crippen molar-refractivity contribution in [3.05, 3.63) is 82.9 Å². The Morgan fingerprint density at radius 3 is 2.68 bits per heavy atom. The lowest BCUT2D eigenvalue weighted by atomic mass is 10.1. The number of nitrogens with one attached hydrogen (secondary N) is 2. The Balaban J connectivity index is 0.00000147. The van der Waals surface area contributed by atoms with Crippen molar-refractivity contribution in [2.24, 2.45) is 5.73 Å². The average Bonchev–Trinajstić information content (AvgIpc) is 2.95. The number of aliphatic hydroxyl groups is 2. The second-order valence-electron chi connectivity index (χ2n) is 9.16. The molecule has 0 aromatic heterocycles. The van der Waals surface area contributed by atoms with Gasteiger partial charge in [-0.1, -0.05) is 24.3 Å². The molecule has 12 nitrogen and oxygen atoms in total. The van der Waals surface area contributed by atoms with Crippen LogP contribution in [0, 0.1) is 0 Å². The number of benzene rings is 3. The number of ether oxygens (including phenoxy) is 3. The van der Waals surface area contributed by atoms with Crippen LogP contribution in [0.2, 0.25) is 0 Å². The minimum absolute atomic E-state index is 0.00761. The molecule has 0 unspecified atom stereocenters. The Kier molecular flexibility index (Phi) is 12.2. The van der Waals surface area contributed by atoms with Crippen LogP contribution >= 0.6 is 0 Å². The maximum atomic E-state index is 11.0. The second kappa shape index (κ2) is 16.0. The Hall–Kier alpha value is -4.36. The molecule has 2 amide bonds. The fourth-order valence-electron chi connectivity index (χ4n) is 4.12. The predicted octanol–water partition coefficient (Wildman–Crippen LogP) is 2.30. The van der Waals surface area contributed by atoms with Crippen molar-refractivity contribution < 1.29 is 44.2 Å². The maximum absolute atomic E-state index is 11.0. The monoisotopic (exact) mass is 569 g/mol. The van der Waals surface area contributed by atoms with Crippen LogP contribution < -0.4 is 25.8 Å². The zero-order chi connectivity index (χ0) is 29.6. The number of aromatic hydroxyl groups is 1. The topological polar surface area (TPSA) is 193 Å². The van der Waals surface area contributed by atoms with Gasteiger partial charge < -0.3 is 51.0 Å². The molecule has 0 bridgehead atoms. The highest BCUT2D eigenvalue weighted by molar-refractivity contribution is 5.87. The minimum Gasteiger partial charge on any atom is -0.508 e. The highest BCUT2D eigenvalue weighted by Gasteiger charge is 2.21. The van der Waals surface area contributed by atoms with Gasteiger partial charge in [0.2, 0.25) is 0 Å². The summed E-state index contributed by atoms with van der Waals surface area (Å²) in [6.45, 7) is 1.50. The zero-order valence-electron chi connectivity index (χ0n) is 22.4. The van der Waals surface area contributed by atoms with Gasteiger partial charge in [0.15, 0.2) is 17.6 Å². The van der Waals surface area contributed by atoms with E-state index in [4.69, 9.17) is 29.8 Å². The van der Waals surface area contributed by atoms with E-state index < -0.39 is 12.1 Å². The number of carbonyl (C=O) groups excluding carboxylic acids is 1. The molecule has 0 spiro atoms. The van der Waals surface area contributed by atoms with Crippen LogP contribution in [0.25, 0.3) is 0 Å². The summed E-state index contributed by atoms with van der Waals surface area (Å²) >= 11 is 0. The van der Waals surface area contributed by atoms with Crippen LogP contribution in [0.5, 0.6) is 17.2 Å². The van der Waals surface area contributed by atoms with Gasteiger partial charge in [0.25, 0.3) is 6.47 Å². The molecule has 4 rings (SSSR count). The summed E-state index contributed by atoms with van der Waals surface area (Å²) in [6.07, 6.45) is -0.298.